The highest BCUT2D eigenvalue weighted by Gasteiger charge is 2.12. The lowest BCUT2D eigenvalue weighted by Crippen LogP contribution is -2.14. The van der Waals surface area contributed by atoms with E-state index in [0.717, 1.165) is 16.4 Å². The van der Waals surface area contributed by atoms with Crippen molar-refractivity contribution in [3.05, 3.63) is 59.9 Å². The van der Waals surface area contributed by atoms with Crippen LogP contribution in [-0.2, 0) is 4.79 Å². The van der Waals surface area contributed by atoms with Crippen molar-refractivity contribution >= 4 is 23.4 Å². The summed E-state index contributed by atoms with van der Waals surface area (Å²) in [6.45, 7) is 4.14. The molecular formula is C21H23N3O3S. The molecule has 146 valence electrons. The molecule has 0 aliphatic carbocycles. The molecule has 7 heteroatoms. The highest BCUT2D eigenvalue weighted by molar-refractivity contribution is 7.99. The molecule has 0 radical (unpaired) electrons. The fraction of sp³-hybridized carbons (Fsp3) is 0.238. The number of carbonyl (C=O) groups excluding carboxylic acids is 1. The van der Waals surface area contributed by atoms with Gasteiger partial charge in [0.05, 0.1) is 25.7 Å². The Kier molecular flexibility index (Phi) is 6.26. The SMILES string of the molecule is COc1cc(NC(=O)CSc2nccn2-c2ccc(C)cc2C)cc(OC)c1. The van der Waals surface area contributed by atoms with E-state index in [9.17, 15) is 4.79 Å². The minimum absolute atomic E-state index is 0.129. The van der Waals surface area contributed by atoms with Crippen molar-refractivity contribution < 1.29 is 14.3 Å². The molecule has 0 bridgehead atoms. The third-order valence-electron chi connectivity index (χ3n) is 4.19. The number of ether oxygens (including phenoxy) is 2. The van der Waals surface area contributed by atoms with Gasteiger partial charge in [-0.15, -0.1) is 0 Å². The molecule has 0 fully saturated rings. The molecule has 0 aliphatic heterocycles. The maximum atomic E-state index is 12.4. The number of benzene rings is 2. The molecule has 3 aromatic rings. The van der Waals surface area contributed by atoms with Crippen molar-refractivity contribution in [3.63, 3.8) is 0 Å². The lowest BCUT2D eigenvalue weighted by Gasteiger charge is -2.12. The first-order chi connectivity index (χ1) is 13.5. The number of hydrogen-bond acceptors (Lipinski definition) is 5. The largest absolute Gasteiger partial charge is 0.497 e. The van der Waals surface area contributed by atoms with E-state index in [2.05, 4.69) is 42.3 Å². The van der Waals surface area contributed by atoms with Crippen LogP contribution in [-0.4, -0.2) is 35.4 Å². The monoisotopic (exact) mass is 397 g/mol. The van der Waals surface area contributed by atoms with Crippen molar-refractivity contribution in [2.45, 2.75) is 19.0 Å². The smallest absolute Gasteiger partial charge is 0.234 e. The third kappa shape index (κ3) is 4.67. The van der Waals surface area contributed by atoms with Gasteiger partial charge in [0.1, 0.15) is 11.5 Å². The Hall–Kier alpha value is -2.93. The molecule has 28 heavy (non-hydrogen) atoms. The molecule has 1 N–H and O–H groups in total. The Balaban J connectivity index is 1.69. The summed E-state index contributed by atoms with van der Waals surface area (Å²) >= 11 is 1.39. The van der Waals surface area contributed by atoms with Crippen molar-refractivity contribution in [3.8, 4) is 17.2 Å². The van der Waals surface area contributed by atoms with Crippen LogP contribution >= 0.6 is 11.8 Å². The number of amides is 1. The van der Waals surface area contributed by atoms with Gasteiger partial charge in [0.25, 0.3) is 0 Å². The first kappa shape index (κ1) is 19.8. The van der Waals surface area contributed by atoms with Gasteiger partial charge in [0.2, 0.25) is 5.91 Å². The molecule has 0 spiro atoms. The molecule has 0 atom stereocenters. The predicted molar refractivity (Wildman–Crippen MR) is 112 cm³/mol. The highest BCUT2D eigenvalue weighted by atomic mass is 32.2. The maximum absolute atomic E-state index is 12.4. The van der Waals surface area contributed by atoms with Crippen molar-refractivity contribution in [1.82, 2.24) is 9.55 Å². The molecule has 2 aromatic carbocycles. The van der Waals surface area contributed by atoms with E-state index >= 15 is 0 Å². The van der Waals surface area contributed by atoms with Crippen LogP contribution in [0.15, 0.2) is 53.9 Å². The minimum atomic E-state index is -0.129. The van der Waals surface area contributed by atoms with E-state index < -0.39 is 0 Å². The van der Waals surface area contributed by atoms with Crippen molar-refractivity contribution in [2.75, 3.05) is 25.3 Å². The number of imidazole rings is 1. The van der Waals surface area contributed by atoms with Gasteiger partial charge in [-0.1, -0.05) is 29.5 Å². The first-order valence-corrected chi connectivity index (χ1v) is 9.75. The fourth-order valence-corrected chi connectivity index (χ4v) is 3.63. The highest BCUT2D eigenvalue weighted by Crippen LogP contribution is 2.27. The average Bonchev–Trinajstić information content (AvgIpc) is 3.14. The fourth-order valence-electron chi connectivity index (χ4n) is 2.86. The van der Waals surface area contributed by atoms with Crippen LogP contribution in [0.4, 0.5) is 5.69 Å². The predicted octanol–water partition coefficient (Wildman–Crippen LogP) is 4.24. The van der Waals surface area contributed by atoms with Gasteiger partial charge in [0, 0.05) is 36.3 Å². The maximum Gasteiger partial charge on any atom is 0.234 e. The van der Waals surface area contributed by atoms with Crippen LogP contribution < -0.4 is 14.8 Å². The second-order valence-corrected chi connectivity index (χ2v) is 7.25. The summed E-state index contributed by atoms with van der Waals surface area (Å²) < 4.78 is 12.5. The zero-order chi connectivity index (χ0) is 20.1. The van der Waals surface area contributed by atoms with Gasteiger partial charge in [-0.3, -0.25) is 9.36 Å². The molecule has 0 aliphatic rings. The normalized spacial score (nSPS) is 10.6. The van der Waals surface area contributed by atoms with Crippen molar-refractivity contribution in [2.24, 2.45) is 0 Å². The van der Waals surface area contributed by atoms with Crippen LogP contribution in [0.5, 0.6) is 11.5 Å². The van der Waals surface area contributed by atoms with Crippen LogP contribution in [0, 0.1) is 13.8 Å². The molecule has 0 saturated carbocycles. The second kappa shape index (κ2) is 8.84. The quantitative estimate of drug-likeness (QED) is 0.604. The lowest BCUT2D eigenvalue weighted by atomic mass is 10.1. The summed E-state index contributed by atoms with van der Waals surface area (Å²) in [6.07, 6.45) is 3.65. The van der Waals surface area contributed by atoms with Crippen LogP contribution in [0.1, 0.15) is 11.1 Å². The molecule has 1 heterocycles. The van der Waals surface area contributed by atoms with E-state index in [-0.39, 0.29) is 11.7 Å². The molecule has 1 aromatic heterocycles. The molecule has 3 rings (SSSR count). The van der Waals surface area contributed by atoms with Gasteiger partial charge >= 0.3 is 0 Å². The summed E-state index contributed by atoms with van der Waals surface area (Å²) in [6, 6.07) is 11.5. The molecule has 0 saturated heterocycles. The molecule has 0 unspecified atom stereocenters. The van der Waals surface area contributed by atoms with Gasteiger partial charge in [-0.25, -0.2) is 4.98 Å². The number of carbonyl (C=O) groups is 1. The number of nitrogens with one attached hydrogen (secondary N) is 1. The molecule has 1 amide bonds. The Labute approximate surface area is 168 Å². The van der Waals surface area contributed by atoms with Crippen LogP contribution in [0.3, 0.4) is 0 Å². The van der Waals surface area contributed by atoms with Crippen LogP contribution in [0.2, 0.25) is 0 Å². The zero-order valence-corrected chi connectivity index (χ0v) is 17.2. The number of hydrogen-bond donors (Lipinski definition) is 1. The Morgan fingerprint density at radius 3 is 2.46 bits per heavy atom. The van der Waals surface area contributed by atoms with Gasteiger partial charge < -0.3 is 14.8 Å². The van der Waals surface area contributed by atoms with E-state index in [1.807, 2.05) is 10.8 Å². The third-order valence-corrected chi connectivity index (χ3v) is 5.15. The first-order valence-electron chi connectivity index (χ1n) is 8.77. The second-order valence-electron chi connectivity index (χ2n) is 6.31. The standard InChI is InChI=1S/C21H23N3O3S/c1-14-5-6-19(15(2)9-14)24-8-7-22-21(24)28-13-20(25)23-16-10-17(26-3)12-18(11-16)27-4/h5-12H,13H2,1-4H3,(H,23,25). The zero-order valence-electron chi connectivity index (χ0n) is 16.4. The number of aromatic nitrogens is 2. The summed E-state index contributed by atoms with van der Waals surface area (Å²) in [4.78, 5) is 16.8. The van der Waals surface area contributed by atoms with E-state index in [0.29, 0.717) is 17.2 Å². The number of rotatable bonds is 7. The van der Waals surface area contributed by atoms with E-state index in [4.69, 9.17) is 9.47 Å². The number of methoxy groups -OCH3 is 2. The van der Waals surface area contributed by atoms with Crippen molar-refractivity contribution in [1.29, 1.82) is 0 Å². The number of nitrogens with zero attached hydrogens (tertiary/aromatic N) is 2. The van der Waals surface area contributed by atoms with Gasteiger partial charge in [-0.05, 0) is 25.5 Å². The Morgan fingerprint density at radius 1 is 1.11 bits per heavy atom. The Bertz CT molecular complexity index is 963. The summed E-state index contributed by atoms with van der Waals surface area (Å²) in [5.74, 6) is 1.34. The average molecular weight is 398 g/mol. The summed E-state index contributed by atoms with van der Waals surface area (Å²) in [5.41, 5.74) is 4.06. The number of thioether (sulfide) groups is 1. The van der Waals surface area contributed by atoms with Gasteiger partial charge in [0.15, 0.2) is 5.16 Å². The summed E-state index contributed by atoms with van der Waals surface area (Å²) in [7, 11) is 3.15. The minimum Gasteiger partial charge on any atom is -0.497 e. The Morgan fingerprint density at radius 2 is 1.82 bits per heavy atom. The van der Waals surface area contributed by atoms with Crippen LogP contribution in [0.25, 0.3) is 5.69 Å². The van der Waals surface area contributed by atoms with Gasteiger partial charge in [-0.2, -0.15) is 0 Å². The summed E-state index contributed by atoms with van der Waals surface area (Å²) in [5, 5.41) is 3.64. The van der Waals surface area contributed by atoms with E-state index in [1.165, 1.54) is 17.3 Å². The van der Waals surface area contributed by atoms with E-state index in [1.54, 1.807) is 38.6 Å². The molecular weight excluding hydrogens is 374 g/mol. The lowest BCUT2D eigenvalue weighted by molar-refractivity contribution is -0.113. The number of anilines is 1. The number of aryl methyl sites for hydroxylation is 2. The molecule has 6 nitrogen and oxygen atoms in total. The topological polar surface area (TPSA) is 65.4 Å².